The topological polar surface area (TPSA) is 58.5 Å². The molecule has 1 aliphatic heterocycles. The van der Waals surface area contributed by atoms with Crippen LogP contribution in [0.2, 0.25) is 0 Å². The molecule has 0 unspecified atom stereocenters. The van der Waals surface area contributed by atoms with E-state index in [1.807, 2.05) is 42.6 Å². The third-order valence-electron chi connectivity index (χ3n) is 4.84. The number of phenols is 1. The third-order valence-corrected chi connectivity index (χ3v) is 4.84. The molecular weight excluding hydrogens is 338 g/mol. The number of hydrogen-bond donors (Lipinski definition) is 1. The number of phenolic OH excluding ortho intramolecular Hbond substituents is 1. The van der Waals surface area contributed by atoms with Gasteiger partial charge in [0, 0.05) is 18.3 Å². The van der Waals surface area contributed by atoms with E-state index >= 15 is 0 Å². The number of rotatable bonds is 6. The molecule has 0 spiro atoms. The zero-order valence-corrected chi connectivity index (χ0v) is 15.2. The van der Waals surface area contributed by atoms with Crippen molar-refractivity contribution in [2.24, 2.45) is 0 Å². The van der Waals surface area contributed by atoms with Gasteiger partial charge in [-0.15, -0.1) is 0 Å². The molecule has 1 N–H and O–H groups in total. The molecule has 5 nitrogen and oxygen atoms in total. The van der Waals surface area contributed by atoms with Gasteiger partial charge in [-0.25, -0.2) is 0 Å². The fourth-order valence-corrected chi connectivity index (χ4v) is 3.29. The SMILES string of the molecule is Oc1ccc(-c2ccc(-c3ccc(OCCN4CCCC4)cn3)nc2)cc1. The lowest BCUT2D eigenvalue weighted by Gasteiger charge is -2.14. The molecule has 1 fully saturated rings. The Labute approximate surface area is 159 Å². The average Bonchev–Trinajstić information content (AvgIpc) is 3.23. The Morgan fingerprint density at radius 3 is 2.11 bits per heavy atom. The first-order valence-corrected chi connectivity index (χ1v) is 9.35. The lowest BCUT2D eigenvalue weighted by Crippen LogP contribution is -2.25. The van der Waals surface area contributed by atoms with Gasteiger partial charge in [-0.1, -0.05) is 18.2 Å². The van der Waals surface area contributed by atoms with Crippen LogP contribution in [0.1, 0.15) is 12.8 Å². The van der Waals surface area contributed by atoms with Crippen molar-refractivity contribution in [3.8, 4) is 34.0 Å². The molecule has 27 heavy (non-hydrogen) atoms. The second kappa shape index (κ2) is 8.18. The normalized spacial score (nSPS) is 14.4. The Morgan fingerprint density at radius 2 is 1.48 bits per heavy atom. The van der Waals surface area contributed by atoms with Crippen molar-refractivity contribution < 1.29 is 9.84 Å². The van der Waals surface area contributed by atoms with Crippen molar-refractivity contribution in [3.63, 3.8) is 0 Å². The molecule has 0 bridgehead atoms. The number of ether oxygens (including phenoxy) is 1. The minimum atomic E-state index is 0.260. The number of aromatic hydroxyl groups is 1. The van der Waals surface area contributed by atoms with Gasteiger partial charge in [0.1, 0.15) is 18.1 Å². The Morgan fingerprint density at radius 1 is 0.815 bits per heavy atom. The molecule has 1 aromatic carbocycles. The molecule has 4 rings (SSSR count). The van der Waals surface area contributed by atoms with E-state index in [1.165, 1.54) is 25.9 Å². The van der Waals surface area contributed by atoms with Gasteiger partial charge in [-0.3, -0.25) is 14.9 Å². The highest BCUT2D eigenvalue weighted by Crippen LogP contribution is 2.24. The fourth-order valence-electron chi connectivity index (χ4n) is 3.29. The molecule has 1 aliphatic rings. The molecule has 3 aromatic rings. The molecule has 5 heteroatoms. The molecule has 0 saturated carbocycles. The van der Waals surface area contributed by atoms with Gasteiger partial charge in [0.2, 0.25) is 0 Å². The summed E-state index contributed by atoms with van der Waals surface area (Å²) in [4.78, 5) is 11.4. The van der Waals surface area contributed by atoms with Crippen LogP contribution in [0, 0.1) is 0 Å². The lowest BCUT2D eigenvalue weighted by molar-refractivity contribution is 0.237. The zero-order chi connectivity index (χ0) is 18.5. The zero-order valence-electron chi connectivity index (χ0n) is 15.2. The summed E-state index contributed by atoms with van der Waals surface area (Å²) in [5.41, 5.74) is 3.66. The van der Waals surface area contributed by atoms with Crippen LogP contribution < -0.4 is 4.74 Å². The van der Waals surface area contributed by atoms with E-state index in [4.69, 9.17) is 4.74 Å². The van der Waals surface area contributed by atoms with Gasteiger partial charge in [0.25, 0.3) is 0 Å². The first kappa shape index (κ1) is 17.5. The van der Waals surface area contributed by atoms with Crippen molar-refractivity contribution in [1.29, 1.82) is 0 Å². The van der Waals surface area contributed by atoms with Gasteiger partial charge >= 0.3 is 0 Å². The average molecular weight is 361 g/mol. The molecule has 3 heterocycles. The van der Waals surface area contributed by atoms with Crippen LogP contribution in [0.5, 0.6) is 11.5 Å². The van der Waals surface area contributed by atoms with Crippen LogP contribution in [0.4, 0.5) is 0 Å². The first-order chi connectivity index (χ1) is 13.3. The summed E-state index contributed by atoms with van der Waals surface area (Å²) >= 11 is 0. The van der Waals surface area contributed by atoms with E-state index < -0.39 is 0 Å². The third kappa shape index (κ3) is 4.44. The predicted octanol–water partition coefficient (Wildman–Crippen LogP) is 3.99. The Bertz CT molecular complexity index is 856. The standard InChI is InChI=1S/C22H23N3O2/c26-19-6-3-17(4-7-19)18-5-9-21(23-15-18)22-10-8-20(16-24-22)27-14-13-25-11-1-2-12-25/h3-10,15-16,26H,1-2,11-14H2. The summed E-state index contributed by atoms with van der Waals surface area (Å²) in [6.45, 7) is 4.04. The molecule has 0 radical (unpaired) electrons. The van der Waals surface area contributed by atoms with Gasteiger partial charge < -0.3 is 9.84 Å². The summed E-state index contributed by atoms with van der Waals surface area (Å²) < 4.78 is 5.80. The quantitative estimate of drug-likeness (QED) is 0.719. The van der Waals surface area contributed by atoms with E-state index in [-0.39, 0.29) is 5.75 Å². The number of nitrogens with zero attached hydrogens (tertiary/aromatic N) is 3. The number of pyridine rings is 2. The number of benzene rings is 1. The van der Waals surface area contributed by atoms with Crippen LogP contribution in [0.25, 0.3) is 22.5 Å². The maximum Gasteiger partial charge on any atom is 0.137 e. The van der Waals surface area contributed by atoms with E-state index in [0.717, 1.165) is 34.8 Å². The van der Waals surface area contributed by atoms with Gasteiger partial charge in [0.05, 0.1) is 17.6 Å². The number of likely N-dealkylation sites (tertiary alicyclic amines) is 1. The Kier molecular flexibility index (Phi) is 5.30. The van der Waals surface area contributed by atoms with Crippen molar-refractivity contribution in [1.82, 2.24) is 14.9 Å². The molecule has 1 saturated heterocycles. The number of hydrogen-bond acceptors (Lipinski definition) is 5. The van der Waals surface area contributed by atoms with Crippen LogP contribution in [-0.2, 0) is 0 Å². The highest BCUT2D eigenvalue weighted by Gasteiger charge is 2.11. The monoisotopic (exact) mass is 361 g/mol. The van der Waals surface area contributed by atoms with Crippen molar-refractivity contribution in [2.75, 3.05) is 26.2 Å². The van der Waals surface area contributed by atoms with Crippen LogP contribution in [0.15, 0.2) is 60.9 Å². The first-order valence-electron chi connectivity index (χ1n) is 9.35. The molecule has 0 amide bonds. The molecule has 0 atom stereocenters. The summed E-state index contributed by atoms with van der Waals surface area (Å²) in [5, 5.41) is 9.39. The van der Waals surface area contributed by atoms with Gasteiger partial charge in [0.15, 0.2) is 0 Å². The molecule has 0 aliphatic carbocycles. The summed E-state index contributed by atoms with van der Waals surface area (Å²) in [6.07, 6.45) is 6.18. The smallest absolute Gasteiger partial charge is 0.137 e. The minimum absolute atomic E-state index is 0.260. The largest absolute Gasteiger partial charge is 0.508 e. The van der Waals surface area contributed by atoms with Crippen LogP contribution >= 0.6 is 0 Å². The van der Waals surface area contributed by atoms with Crippen molar-refractivity contribution in [3.05, 3.63) is 60.9 Å². The maximum atomic E-state index is 9.39. The van der Waals surface area contributed by atoms with Gasteiger partial charge in [-0.05, 0) is 61.8 Å². The summed E-state index contributed by atoms with van der Waals surface area (Å²) in [5.74, 6) is 1.05. The highest BCUT2D eigenvalue weighted by molar-refractivity contribution is 5.66. The molecular formula is C22H23N3O2. The van der Waals surface area contributed by atoms with Crippen molar-refractivity contribution >= 4 is 0 Å². The lowest BCUT2D eigenvalue weighted by atomic mass is 10.1. The summed E-state index contributed by atoms with van der Waals surface area (Å²) in [6, 6.07) is 14.9. The van der Waals surface area contributed by atoms with E-state index in [9.17, 15) is 5.11 Å². The van der Waals surface area contributed by atoms with E-state index in [1.54, 1.807) is 18.3 Å². The predicted molar refractivity (Wildman–Crippen MR) is 106 cm³/mol. The van der Waals surface area contributed by atoms with Gasteiger partial charge in [-0.2, -0.15) is 0 Å². The van der Waals surface area contributed by atoms with E-state index in [0.29, 0.717) is 6.61 Å². The molecule has 138 valence electrons. The van der Waals surface area contributed by atoms with Crippen LogP contribution in [0.3, 0.4) is 0 Å². The Hall–Kier alpha value is -2.92. The second-order valence-electron chi connectivity index (χ2n) is 6.76. The highest BCUT2D eigenvalue weighted by atomic mass is 16.5. The number of aromatic nitrogens is 2. The maximum absolute atomic E-state index is 9.39. The Balaban J connectivity index is 1.37. The fraction of sp³-hybridized carbons (Fsp3) is 0.273. The van der Waals surface area contributed by atoms with Crippen molar-refractivity contribution in [2.45, 2.75) is 12.8 Å². The molecule has 2 aromatic heterocycles. The van der Waals surface area contributed by atoms with E-state index in [2.05, 4.69) is 14.9 Å². The second-order valence-corrected chi connectivity index (χ2v) is 6.76. The van der Waals surface area contributed by atoms with Crippen LogP contribution in [-0.4, -0.2) is 46.2 Å². The summed E-state index contributed by atoms with van der Waals surface area (Å²) in [7, 11) is 0. The minimum Gasteiger partial charge on any atom is -0.508 e.